The van der Waals surface area contributed by atoms with Crippen LogP contribution >= 0.6 is 0 Å². The summed E-state index contributed by atoms with van der Waals surface area (Å²) in [7, 11) is 1.91. The van der Waals surface area contributed by atoms with Crippen molar-refractivity contribution >= 4 is 16.9 Å². The molecule has 1 aliphatic carbocycles. The summed E-state index contributed by atoms with van der Waals surface area (Å²) >= 11 is 0. The van der Waals surface area contributed by atoms with Crippen LogP contribution in [0.1, 0.15) is 24.8 Å². The minimum absolute atomic E-state index is 0.121. The maximum atomic E-state index is 10.9. The lowest BCUT2D eigenvalue weighted by Gasteiger charge is -2.13. The maximum absolute atomic E-state index is 10.9. The Morgan fingerprint density at radius 3 is 2.94 bits per heavy atom. The molecular formula is C13H14N2O2. The number of hydrogen-bond acceptors (Lipinski definition) is 2. The molecule has 88 valence electrons. The average Bonchev–Trinajstić information content (AvgIpc) is 2.97. The van der Waals surface area contributed by atoms with Crippen molar-refractivity contribution in [3.05, 3.63) is 30.0 Å². The molecular weight excluding hydrogens is 216 g/mol. The SMILES string of the molecule is Cn1ncc2ccc(C3(CC(=O)O)CC3)cc21. The zero-order chi connectivity index (χ0) is 12.0. The Kier molecular flexibility index (Phi) is 2.02. The first-order valence-electron chi connectivity index (χ1n) is 5.75. The highest BCUT2D eigenvalue weighted by molar-refractivity contribution is 5.80. The number of fused-ring (bicyclic) bond motifs is 1. The first kappa shape index (κ1) is 10.3. The molecule has 3 rings (SSSR count). The van der Waals surface area contributed by atoms with E-state index in [1.54, 1.807) is 0 Å². The Hall–Kier alpha value is -1.84. The highest BCUT2D eigenvalue weighted by Crippen LogP contribution is 2.51. The molecule has 1 N–H and O–H groups in total. The van der Waals surface area contributed by atoms with E-state index in [-0.39, 0.29) is 11.8 Å². The number of carboxylic acid groups (broad SMARTS) is 1. The van der Waals surface area contributed by atoms with Gasteiger partial charge in [0.15, 0.2) is 0 Å². The Morgan fingerprint density at radius 2 is 2.29 bits per heavy atom. The van der Waals surface area contributed by atoms with E-state index >= 15 is 0 Å². The van der Waals surface area contributed by atoms with Crippen molar-refractivity contribution in [2.24, 2.45) is 7.05 Å². The van der Waals surface area contributed by atoms with E-state index in [1.165, 1.54) is 0 Å². The number of benzene rings is 1. The highest BCUT2D eigenvalue weighted by Gasteiger charge is 2.46. The third-order valence-corrected chi connectivity index (χ3v) is 3.70. The molecule has 0 radical (unpaired) electrons. The van der Waals surface area contributed by atoms with Crippen molar-refractivity contribution in [3.8, 4) is 0 Å². The summed E-state index contributed by atoms with van der Waals surface area (Å²) in [4.78, 5) is 10.9. The Bertz CT molecular complexity index is 596. The zero-order valence-electron chi connectivity index (χ0n) is 9.68. The third-order valence-electron chi connectivity index (χ3n) is 3.70. The number of hydrogen-bond donors (Lipinski definition) is 1. The van der Waals surface area contributed by atoms with Crippen LogP contribution in [0.5, 0.6) is 0 Å². The first-order chi connectivity index (χ1) is 8.11. The second-order valence-corrected chi connectivity index (χ2v) is 4.89. The predicted molar refractivity (Wildman–Crippen MR) is 63.9 cm³/mol. The van der Waals surface area contributed by atoms with E-state index in [0.717, 1.165) is 29.3 Å². The van der Waals surface area contributed by atoms with E-state index < -0.39 is 5.97 Å². The van der Waals surface area contributed by atoms with Gasteiger partial charge < -0.3 is 5.11 Å². The van der Waals surface area contributed by atoms with Crippen molar-refractivity contribution in [1.82, 2.24) is 9.78 Å². The number of nitrogens with zero attached hydrogens (tertiary/aromatic N) is 2. The molecule has 0 amide bonds. The maximum Gasteiger partial charge on any atom is 0.304 e. The van der Waals surface area contributed by atoms with E-state index in [4.69, 9.17) is 5.11 Å². The lowest BCUT2D eigenvalue weighted by Crippen LogP contribution is -2.12. The molecule has 2 aromatic rings. The fourth-order valence-electron chi connectivity index (χ4n) is 2.48. The lowest BCUT2D eigenvalue weighted by molar-refractivity contribution is -0.137. The van der Waals surface area contributed by atoms with E-state index in [1.807, 2.05) is 30.1 Å². The number of rotatable bonds is 3. The van der Waals surface area contributed by atoms with Crippen LogP contribution in [0, 0.1) is 0 Å². The molecule has 0 saturated heterocycles. The molecule has 1 aliphatic rings. The molecule has 4 nitrogen and oxygen atoms in total. The lowest BCUT2D eigenvalue weighted by atomic mass is 9.92. The van der Waals surface area contributed by atoms with Crippen LogP contribution in [0.25, 0.3) is 10.9 Å². The molecule has 1 saturated carbocycles. The van der Waals surface area contributed by atoms with Gasteiger partial charge in [-0.15, -0.1) is 0 Å². The number of aliphatic carboxylic acids is 1. The molecule has 4 heteroatoms. The summed E-state index contributed by atoms with van der Waals surface area (Å²) in [5.74, 6) is -0.715. The molecule has 0 atom stereocenters. The molecule has 0 unspecified atom stereocenters. The number of carboxylic acids is 1. The van der Waals surface area contributed by atoms with Gasteiger partial charge in [0.25, 0.3) is 0 Å². The standard InChI is InChI=1S/C13H14N2O2/c1-15-11-6-10(3-2-9(11)8-14-15)13(4-5-13)7-12(16)17/h2-3,6,8H,4-5,7H2,1H3,(H,16,17). The van der Waals surface area contributed by atoms with Gasteiger partial charge in [0, 0.05) is 17.8 Å². The van der Waals surface area contributed by atoms with E-state index in [9.17, 15) is 4.79 Å². The van der Waals surface area contributed by atoms with Gasteiger partial charge in [-0.25, -0.2) is 0 Å². The van der Waals surface area contributed by atoms with Gasteiger partial charge in [-0.05, 0) is 24.5 Å². The second-order valence-electron chi connectivity index (χ2n) is 4.89. The summed E-state index contributed by atoms with van der Waals surface area (Å²) in [6.45, 7) is 0. The van der Waals surface area contributed by atoms with E-state index in [2.05, 4.69) is 11.2 Å². The van der Waals surface area contributed by atoms with Crippen LogP contribution in [0.15, 0.2) is 24.4 Å². The Labute approximate surface area is 98.9 Å². The smallest absolute Gasteiger partial charge is 0.304 e. The summed E-state index contributed by atoms with van der Waals surface area (Å²) in [6, 6.07) is 6.15. The quantitative estimate of drug-likeness (QED) is 0.878. The van der Waals surface area contributed by atoms with Gasteiger partial charge in [0.2, 0.25) is 0 Å². The van der Waals surface area contributed by atoms with Gasteiger partial charge in [0.1, 0.15) is 0 Å². The average molecular weight is 230 g/mol. The van der Waals surface area contributed by atoms with Gasteiger partial charge in [-0.3, -0.25) is 9.48 Å². The molecule has 0 spiro atoms. The van der Waals surface area contributed by atoms with E-state index in [0.29, 0.717) is 0 Å². The van der Waals surface area contributed by atoms with Crippen molar-refractivity contribution in [2.75, 3.05) is 0 Å². The van der Waals surface area contributed by atoms with Crippen LogP contribution < -0.4 is 0 Å². The van der Waals surface area contributed by atoms with Gasteiger partial charge in [0.05, 0.1) is 18.1 Å². The minimum Gasteiger partial charge on any atom is -0.481 e. The summed E-state index contributed by atoms with van der Waals surface area (Å²) in [5.41, 5.74) is 2.08. The third kappa shape index (κ3) is 1.60. The predicted octanol–water partition coefficient (Wildman–Crippen LogP) is 2.08. The van der Waals surface area contributed by atoms with Crippen molar-refractivity contribution in [3.63, 3.8) is 0 Å². The van der Waals surface area contributed by atoms with Crippen LogP contribution in [0.4, 0.5) is 0 Å². The van der Waals surface area contributed by atoms with Crippen molar-refractivity contribution < 1.29 is 9.90 Å². The molecule has 0 aliphatic heterocycles. The number of carbonyl (C=O) groups is 1. The van der Waals surface area contributed by atoms with Crippen molar-refractivity contribution in [2.45, 2.75) is 24.7 Å². The van der Waals surface area contributed by atoms with Crippen LogP contribution in [0.2, 0.25) is 0 Å². The molecule has 17 heavy (non-hydrogen) atoms. The minimum atomic E-state index is -0.715. The molecule has 1 aromatic heterocycles. The number of aryl methyl sites for hydroxylation is 1. The topological polar surface area (TPSA) is 55.1 Å². The zero-order valence-corrected chi connectivity index (χ0v) is 9.68. The van der Waals surface area contributed by atoms with Crippen LogP contribution in [-0.2, 0) is 17.3 Å². The van der Waals surface area contributed by atoms with Crippen molar-refractivity contribution in [1.29, 1.82) is 0 Å². The largest absolute Gasteiger partial charge is 0.481 e. The Morgan fingerprint density at radius 1 is 1.53 bits per heavy atom. The number of aromatic nitrogens is 2. The second kappa shape index (κ2) is 3.32. The van der Waals surface area contributed by atoms with Gasteiger partial charge >= 0.3 is 5.97 Å². The fourth-order valence-corrected chi connectivity index (χ4v) is 2.48. The molecule has 0 bridgehead atoms. The molecule has 1 fully saturated rings. The van der Waals surface area contributed by atoms with Crippen LogP contribution in [0.3, 0.4) is 0 Å². The molecule has 1 heterocycles. The Balaban J connectivity index is 2.06. The monoisotopic (exact) mass is 230 g/mol. The summed E-state index contributed by atoms with van der Waals surface area (Å²) < 4.78 is 1.83. The fraction of sp³-hybridized carbons (Fsp3) is 0.385. The van der Waals surface area contributed by atoms with Crippen LogP contribution in [-0.4, -0.2) is 20.9 Å². The van der Waals surface area contributed by atoms with Gasteiger partial charge in [-0.1, -0.05) is 12.1 Å². The summed E-state index contributed by atoms with van der Waals surface area (Å²) in [6.07, 6.45) is 4.01. The highest BCUT2D eigenvalue weighted by atomic mass is 16.4. The summed E-state index contributed by atoms with van der Waals surface area (Å²) in [5, 5.41) is 14.3. The van der Waals surface area contributed by atoms with Gasteiger partial charge in [-0.2, -0.15) is 5.10 Å². The normalized spacial score (nSPS) is 17.2. The molecule has 1 aromatic carbocycles. The first-order valence-corrected chi connectivity index (χ1v) is 5.75.